The summed E-state index contributed by atoms with van der Waals surface area (Å²) in [6, 6.07) is 7.82. The van der Waals surface area contributed by atoms with Crippen LogP contribution in [-0.4, -0.2) is 13.7 Å². The van der Waals surface area contributed by atoms with Crippen LogP contribution < -0.4 is 10.1 Å². The van der Waals surface area contributed by atoms with Crippen LogP contribution in [0.4, 0.5) is 0 Å². The summed E-state index contributed by atoms with van der Waals surface area (Å²) in [6.07, 6.45) is 2.45. The number of nitrogens with one attached hydrogen (secondary N) is 1. The second-order valence-electron chi connectivity index (χ2n) is 4.86. The Morgan fingerprint density at radius 1 is 1.39 bits per heavy atom. The molecule has 18 heavy (non-hydrogen) atoms. The first-order valence-electron chi connectivity index (χ1n) is 6.45. The van der Waals surface area contributed by atoms with Gasteiger partial charge in [0.05, 0.1) is 12.7 Å². The second kappa shape index (κ2) is 7.73. The zero-order chi connectivity index (χ0) is 13.4. The maximum atomic E-state index is 8.89. The highest BCUT2D eigenvalue weighted by Crippen LogP contribution is 2.19. The quantitative estimate of drug-likeness (QED) is 0.752. The third-order valence-electron chi connectivity index (χ3n) is 2.85. The zero-order valence-electron chi connectivity index (χ0n) is 11.5. The van der Waals surface area contributed by atoms with Crippen LogP contribution in [0.2, 0.25) is 0 Å². The Bertz CT molecular complexity index is 407. The van der Waals surface area contributed by atoms with Crippen molar-refractivity contribution in [2.45, 2.75) is 33.2 Å². The van der Waals surface area contributed by atoms with Crippen LogP contribution in [0.1, 0.15) is 37.8 Å². The van der Waals surface area contributed by atoms with Gasteiger partial charge < -0.3 is 10.1 Å². The monoisotopic (exact) mass is 246 g/mol. The predicted molar refractivity (Wildman–Crippen MR) is 73.5 cm³/mol. The third kappa shape index (κ3) is 4.77. The molecule has 1 aromatic rings. The van der Waals surface area contributed by atoms with Gasteiger partial charge in [-0.3, -0.25) is 0 Å². The minimum atomic E-state index is 0.584. The van der Waals surface area contributed by atoms with Gasteiger partial charge in [0.2, 0.25) is 0 Å². The molecule has 0 aliphatic rings. The van der Waals surface area contributed by atoms with Gasteiger partial charge in [-0.25, -0.2) is 0 Å². The van der Waals surface area contributed by atoms with Gasteiger partial charge in [0, 0.05) is 6.54 Å². The molecule has 0 spiro atoms. The normalized spacial score (nSPS) is 10.4. The molecule has 0 atom stereocenters. The van der Waals surface area contributed by atoms with Crippen molar-refractivity contribution in [3.05, 3.63) is 29.3 Å². The van der Waals surface area contributed by atoms with Gasteiger partial charge in [-0.05, 0) is 43.0 Å². The van der Waals surface area contributed by atoms with E-state index in [1.54, 1.807) is 7.11 Å². The van der Waals surface area contributed by atoms with Crippen LogP contribution in [0, 0.1) is 17.2 Å². The average Bonchev–Trinajstić information content (AvgIpc) is 2.37. The van der Waals surface area contributed by atoms with Gasteiger partial charge in [0.1, 0.15) is 11.8 Å². The summed E-state index contributed by atoms with van der Waals surface area (Å²) in [5.41, 5.74) is 1.73. The van der Waals surface area contributed by atoms with E-state index in [0.717, 1.165) is 24.6 Å². The molecule has 0 saturated heterocycles. The van der Waals surface area contributed by atoms with E-state index in [0.29, 0.717) is 11.3 Å². The lowest BCUT2D eigenvalue weighted by Gasteiger charge is -2.08. The first kappa shape index (κ1) is 14.5. The minimum Gasteiger partial charge on any atom is -0.495 e. The number of methoxy groups -OCH3 is 1. The Kier molecular flexibility index (Phi) is 6.24. The number of nitrogens with zero attached hydrogens (tertiary/aromatic N) is 1. The molecule has 1 rings (SSSR count). The highest BCUT2D eigenvalue weighted by atomic mass is 16.5. The van der Waals surface area contributed by atoms with E-state index >= 15 is 0 Å². The molecule has 0 bridgehead atoms. The van der Waals surface area contributed by atoms with Crippen LogP contribution in [0.15, 0.2) is 18.2 Å². The Labute approximate surface area is 110 Å². The molecule has 0 aliphatic carbocycles. The summed E-state index contributed by atoms with van der Waals surface area (Å²) in [6.45, 7) is 6.33. The van der Waals surface area contributed by atoms with Crippen LogP contribution >= 0.6 is 0 Å². The van der Waals surface area contributed by atoms with Crippen molar-refractivity contribution < 1.29 is 4.74 Å². The number of benzene rings is 1. The second-order valence-corrected chi connectivity index (χ2v) is 4.86. The summed E-state index contributed by atoms with van der Waals surface area (Å²) < 4.78 is 5.19. The Balaban J connectivity index is 2.41. The summed E-state index contributed by atoms with van der Waals surface area (Å²) in [4.78, 5) is 0. The van der Waals surface area contributed by atoms with E-state index in [-0.39, 0.29) is 0 Å². The molecule has 0 heterocycles. The van der Waals surface area contributed by atoms with Gasteiger partial charge in [0.25, 0.3) is 0 Å². The Morgan fingerprint density at radius 2 is 2.17 bits per heavy atom. The minimum absolute atomic E-state index is 0.584. The first-order valence-corrected chi connectivity index (χ1v) is 6.45. The molecule has 0 unspecified atom stereocenters. The number of rotatable bonds is 7. The molecule has 0 amide bonds. The summed E-state index contributed by atoms with van der Waals surface area (Å²) in [7, 11) is 1.59. The molecule has 0 aromatic heterocycles. The maximum absolute atomic E-state index is 8.89. The zero-order valence-corrected chi connectivity index (χ0v) is 11.5. The van der Waals surface area contributed by atoms with Gasteiger partial charge in [0.15, 0.2) is 0 Å². The van der Waals surface area contributed by atoms with Gasteiger partial charge in [-0.1, -0.05) is 19.9 Å². The fraction of sp³-hybridized carbons (Fsp3) is 0.533. The van der Waals surface area contributed by atoms with Crippen LogP contribution in [0.25, 0.3) is 0 Å². The van der Waals surface area contributed by atoms with Crippen molar-refractivity contribution >= 4 is 0 Å². The smallest absolute Gasteiger partial charge is 0.136 e. The lowest BCUT2D eigenvalue weighted by atomic mass is 10.1. The van der Waals surface area contributed by atoms with Gasteiger partial charge >= 0.3 is 0 Å². The third-order valence-corrected chi connectivity index (χ3v) is 2.85. The van der Waals surface area contributed by atoms with Crippen LogP contribution in [0.3, 0.4) is 0 Å². The summed E-state index contributed by atoms with van der Waals surface area (Å²) in [5, 5.41) is 12.3. The number of hydrogen-bond acceptors (Lipinski definition) is 3. The van der Waals surface area contributed by atoms with Crippen LogP contribution in [0.5, 0.6) is 5.75 Å². The van der Waals surface area contributed by atoms with E-state index in [9.17, 15) is 0 Å². The molecule has 1 aromatic carbocycles. The molecule has 98 valence electrons. The van der Waals surface area contributed by atoms with Crippen molar-refractivity contribution in [3.63, 3.8) is 0 Å². The molecular weight excluding hydrogens is 224 g/mol. The standard InChI is InChI=1S/C15H22N2O/c1-12(2)5-4-8-17-11-13-6-7-14(10-16)15(9-13)18-3/h6-7,9,12,17H,4-5,8,11H2,1-3H3. The highest BCUT2D eigenvalue weighted by Gasteiger charge is 2.03. The number of nitriles is 1. The predicted octanol–water partition coefficient (Wildman–Crippen LogP) is 3.09. The van der Waals surface area contributed by atoms with Crippen molar-refractivity contribution in [1.29, 1.82) is 5.26 Å². The lowest BCUT2D eigenvalue weighted by molar-refractivity contribution is 0.412. The van der Waals surface area contributed by atoms with Crippen LogP contribution in [-0.2, 0) is 6.54 Å². The molecular formula is C15H22N2O. The van der Waals surface area contributed by atoms with E-state index < -0.39 is 0 Å². The Hall–Kier alpha value is -1.53. The fourth-order valence-corrected chi connectivity index (χ4v) is 1.81. The first-order chi connectivity index (χ1) is 8.67. The SMILES string of the molecule is COc1cc(CNCCCC(C)C)ccc1C#N. The van der Waals surface area contributed by atoms with Crippen molar-refractivity contribution in [1.82, 2.24) is 5.32 Å². The average molecular weight is 246 g/mol. The highest BCUT2D eigenvalue weighted by molar-refractivity contribution is 5.45. The van der Waals surface area contributed by atoms with E-state index in [1.165, 1.54) is 12.8 Å². The summed E-state index contributed by atoms with van der Waals surface area (Å²) in [5.74, 6) is 1.42. The summed E-state index contributed by atoms with van der Waals surface area (Å²) >= 11 is 0. The molecule has 0 aliphatic heterocycles. The van der Waals surface area contributed by atoms with Crippen molar-refractivity contribution in [2.24, 2.45) is 5.92 Å². The lowest BCUT2D eigenvalue weighted by Crippen LogP contribution is -2.15. The Morgan fingerprint density at radius 3 is 2.78 bits per heavy atom. The maximum Gasteiger partial charge on any atom is 0.136 e. The van der Waals surface area contributed by atoms with Crippen molar-refractivity contribution in [3.8, 4) is 11.8 Å². The molecule has 0 radical (unpaired) electrons. The largest absolute Gasteiger partial charge is 0.495 e. The number of ether oxygens (including phenoxy) is 1. The van der Waals surface area contributed by atoms with Gasteiger partial charge in [-0.2, -0.15) is 5.26 Å². The topological polar surface area (TPSA) is 45.0 Å². The molecule has 3 heteroatoms. The molecule has 0 fully saturated rings. The molecule has 0 saturated carbocycles. The van der Waals surface area contributed by atoms with E-state index in [4.69, 9.17) is 10.00 Å². The number of hydrogen-bond donors (Lipinski definition) is 1. The molecule has 1 N–H and O–H groups in total. The van der Waals surface area contributed by atoms with E-state index in [1.807, 2.05) is 18.2 Å². The van der Waals surface area contributed by atoms with E-state index in [2.05, 4.69) is 25.2 Å². The van der Waals surface area contributed by atoms with Crippen molar-refractivity contribution in [2.75, 3.05) is 13.7 Å². The fourth-order valence-electron chi connectivity index (χ4n) is 1.81. The van der Waals surface area contributed by atoms with Gasteiger partial charge in [-0.15, -0.1) is 0 Å². The molecule has 3 nitrogen and oxygen atoms in total.